The minimum absolute atomic E-state index is 0.00513. The molecule has 0 bridgehead atoms. The molecule has 33 heavy (non-hydrogen) atoms. The van der Waals surface area contributed by atoms with Gasteiger partial charge in [-0.25, -0.2) is 0 Å². The molecule has 0 aliphatic carbocycles. The number of nitrogens with zero attached hydrogens (tertiary/aromatic N) is 3. The molecule has 0 unspecified atom stereocenters. The second-order valence-corrected chi connectivity index (χ2v) is 9.51. The van der Waals surface area contributed by atoms with Gasteiger partial charge in [0.25, 0.3) is 5.91 Å². The number of hydrogen-bond donors (Lipinski definition) is 0. The van der Waals surface area contributed by atoms with E-state index in [-0.39, 0.29) is 18.4 Å². The van der Waals surface area contributed by atoms with Crippen molar-refractivity contribution in [2.75, 3.05) is 19.6 Å². The van der Waals surface area contributed by atoms with Gasteiger partial charge in [0.2, 0.25) is 5.91 Å². The molecule has 0 radical (unpaired) electrons. The Bertz CT molecular complexity index is 854. The summed E-state index contributed by atoms with van der Waals surface area (Å²) in [6, 6.07) is 12.0. The summed E-state index contributed by atoms with van der Waals surface area (Å²) < 4.78 is 2.04. The van der Waals surface area contributed by atoms with E-state index < -0.39 is 0 Å². The third-order valence-electron chi connectivity index (χ3n) is 6.01. The molecule has 1 aromatic carbocycles. The molecule has 0 aliphatic rings. The smallest absolute Gasteiger partial charge is 0.254 e. The third kappa shape index (κ3) is 8.71. The lowest BCUT2D eigenvalue weighted by Gasteiger charge is -2.29. The molecule has 2 amide bonds. The van der Waals surface area contributed by atoms with E-state index in [1.807, 2.05) is 47.0 Å². The highest BCUT2D eigenvalue weighted by Crippen LogP contribution is 2.14. The van der Waals surface area contributed by atoms with E-state index in [0.717, 1.165) is 25.0 Å². The Kier molecular flexibility index (Phi) is 11.2. The van der Waals surface area contributed by atoms with Gasteiger partial charge in [-0.1, -0.05) is 59.1 Å². The van der Waals surface area contributed by atoms with Gasteiger partial charge in [0.1, 0.15) is 6.54 Å². The van der Waals surface area contributed by atoms with Crippen molar-refractivity contribution >= 4 is 11.8 Å². The van der Waals surface area contributed by atoms with Crippen molar-refractivity contribution in [2.45, 2.75) is 72.8 Å². The number of carbonyl (C=O) groups excluding carboxylic acids is 2. The molecule has 0 saturated heterocycles. The van der Waals surface area contributed by atoms with Crippen molar-refractivity contribution in [3.8, 4) is 0 Å². The van der Waals surface area contributed by atoms with Crippen LogP contribution < -0.4 is 0 Å². The number of rotatable bonds is 14. The van der Waals surface area contributed by atoms with Crippen molar-refractivity contribution in [1.82, 2.24) is 14.4 Å². The first-order chi connectivity index (χ1) is 15.8. The fourth-order valence-corrected chi connectivity index (χ4v) is 3.99. The normalized spacial score (nSPS) is 11.1. The summed E-state index contributed by atoms with van der Waals surface area (Å²) in [5, 5.41) is 0. The van der Waals surface area contributed by atoms with Crippen molar-refractivity contribution in [3.63, 3.8) is 0 Å². The summed E-state index contributed by atoms with van der Waals surface area (Å²) in [6.45, 7) is 10.5. The van der Waals surface area contributed by atoms with Crippen LogP contribution in [0.25, 0.3) is 0 Å². The number of carbonyl (C=O) groups is 2. The minimum Gasteiger partial charge on any atom is -0.353 e. The number of hydrogen-bond acceptors (Lipinski definition) is 2. The summed E-state index contributed by atoms with van der Waals surface area (Å²) in [7, 11) is 2.00. The van der Waals surface area contributed by atoms with Gasteiger partial charge < -0.3 is 14.4 Å². The summed E-state index contributed by atoms with van der Waals surface area (Å²) in [4.78, 5) is 30.3. The zero-order valence-electron chi connectivity index (χ0n) is 21.3. The summed E-state index contributed by atoms with van der Waals surface area (Å²) in [6.07, 6.45) is 8.51. The summed E-state index contributed by atoms with van der Waals surface area (Å²) in [5.41, 5.74) is 3.02. The Morgan fingerprint density at radius 2 is 1.64 bits per heavy atom. The lowest BCUT2D eigenvalue weighted by molar-refractivity contribution is -0.133. The maximum Gasteiger partial charge on any atom is 0.254 e. The van der Waals surface area contributed by atoms with Gasteiger partial charge in [-0.3, -0.25) is 9.59 Å². The Hall–Kier alpha value is -2.56. The Labute approximate surface area is 200 Å². The predicted molar refractivity (Wildman–Crippen MR) is 136 cm³/mol. The summed E-state index contributed by atoms with van der Waals surface area (Å²) >= 11 is 0. The van der Waals surface area contributed by atoms with Crippen molar-refractivity contribution in [3.05, 3.63) is 59.4 Å². The van der Waals surface area contributed by atoms with Crippen LogP contribution in [-0.2, 0) is 24.8 Å². The first-order valence-electron chi connectivity index (χ1n) is 12.6. The molecular weight excluding hydrogens is 410 g/mol. The topological polar surface area (TPSA) is 45.6 Å². The van der Waals surface area contributed by atoms with Crippen LogP contribution in [0.4, 0.5) is 0 Å². The van der Waals surface area contributed by atoms with Crippen LogP contribution in [0.3, 0.4) is 0 Å². The third-order valence-corrected chi connectivity index (χ3v) is 6.01. The average molecular weight is 454 g/mol. The molecule has 0 fully saturated rings. The quantitative estimate of drug-likeness (QED) is 0.345. The molecule has 5 nitrogen and oxygen atoms in total. The molecule has 5 heteroatoms. The van der Waals surface area contributed by atoms with E-state index in [4.69, 9.17) is 0 Å². The van der Waals surface area contributed by atoms with Crippen LogP contribution in [0, 0.1) is 5.92 Å². The number of unbranched alkanes of at least 4 members (excludes halogenated alkanes) is 3. The molecule has 0 N–H and O–H groups in total. The zero-order chi connectivity index (χ0) is 24.2. The first-order valence-corrected chi connectivity index (χ1v) is 12.6. The van der Waals surface area contributed by atoms with Crippen LogP contribution in [0.2, 0.25) is 0 Å². The van der Waals surface area contributed by atoms with Crippen LogP contribution in [0.1, 0.15) is 81.4 Å². The minimum atomic E-state index is -0.0553. The Morgan fingerprint density at radius 3 is 2.21 bits per heavy atom. The second-order valence-electron chi connectivity index (χ2n) is 9.51. The standard InChI is InChI=1S/C28H43N3O2/c1-6-8-10-12-24-14-16-25(17-15-24)28(33)30(19-9-7-2)22-27(32)31(20-23(3)4)21-26-13-11-18-29(26)5/h11,13-18,23H,6-10,12,19-22H2,1-5H3. The molecule has 2 rings (SSSR count). The van der Waals surface area contributed by atoms with Crippen molar-refractivity contribution in [1.29, 1.82) is 0 Å². The summed E-state index contributed by atoms with van der Waals surface area (Å²) in [5.74, 6) is 0.306. The molecule has 1 heterocycles. The van der Waals surface area contributed by atoms with Crippen LogP contribution in [0.15, 0.2) is 42.6 Å². The highest BCUT2D eigenvalue weighted by atomic mass is 16.2. The molecule has 0 aliphatic heterocycles. The highest BCUT2D eigenvalue weighted by Gasteiger charge is 2.23. The molecule has 2 aromatic rings. The number of benzene rings is 1. The number of aromatic nitrogens is 1. The van der Waals surface area contributed by atoms with E-state index in [2.05, 4.69) is 39.8 Å². The maximum absolute atomic E-state index is 13.3. The van der Waals surface area contributed by atoms with Gasteiger partial charge in [-0.2, -0.15) is 0 Å². The van der Waals surface area contributed by atoms with E-state index >= 15 is 0 Å². The van der Waals surface area contributed by atoms with E-state index in [0.29, 0.717) is 31.1 Å². The Morgan fingerprint density at radius 1 is 0.939 bits per heavy atom. The van der Waals surface area contributed by atoms with Gasteiger partial charge >= 0.3 is 0 Å². The van der Waals surface area contributed by atoms with Gasteiger partial charge in [0, 0.05) is 37.6 Å². The largest absolute Gasteiger partial charge is 0.353 e. The van der Waals surface area contributed by atoms with Gasteiger partial charge in [0.05, 0.1) is 6.54 Å². The zero-order valence-corrected chi connectivity index (χ0v) is 21.3. The molecule has 0 atom stereocenters. The fraction of sp³-hybridized carbons (Fsp3) is 0.571. The van der Waals surface area contributed by atoms with Gasteiger partial charge in [0.15, 0.2) is 0 Å². The van der Waals surface area contributed by atoms with Gasteiger partial charge in [-0.15, -0.1) is 0 Å². The average Bonchev–Trinajstić information content (AvgIpc) is 3.20. The predicted octanol–water partition coefficient (Wildman–Crippen LogP) is 5.68. The van der Waals surface area contributed by atoms with Gasteiger partial charge in [-0.05, 0) is 55.0 Å². The lowest BCUT2D eigenvalue weighted by Crippen LogP contribution is -2.44. The van der Waals surface area contributed by atoms with E-state index in [1.54, 1.807) is 4.90 Å². The molecule has 1 aromatic heterocycles. The first kappa shape index (κ1) is 26.7. The molecule has 0 saturated carbocycles. The highest BCUT2D eigenvalue weighted by molar-refractivity contribution is 5.96. The molecular formula is C28H43N3O2. The van der Waals surface area contributed by atoms with Crippen LogP contribution >= 0.6 is 0 Å². The van der Waals surface area contributed by atoms with E-state index in [1.165, 1.54) is 24.8 Å². The Balaban J connectivity index is 2.12. The number of amides is 2. The van der Waals surface area contributed by atoms with Crippen LogP contribution in [0.5, 0.6) is 0 Å². The van der Waals surface area contributed by atoms with Crippen molar-refractivity contribution < 1.29 is 9.59 Å². The maximum atomic E-state index is 13.3. The van der Waals surface area contributed by atoms with E-state index in [9.17, 15) is 9.59 Å². The molecule has 0 spiro atoms. The second kappa shape index (κ2) is 13.9. The fourth-order valence-electron chi connectivity index (χ4n) is 3.99. The lowest BCUT2D eigenvalue weighted by atomic mass is 10.0. The van der Waals surface area contributed by atoms with Crippen molar-refractivity contribution in [2.24, 2.45) is 13.0 Å². The monoisotopic (exact) mass is 453 g/mol. The number of aryl methyl sites for hydroxylation is 2. The SMILES string of the molecule is CCCCCc1ccc(C(=O)N(CCCC)CC(=O)N(Cc2cccn2C)CC(C)C)cc1. The molecule has 182 valence electrons. The van der Waals surface area contributed by atoms with Crippen LogP contribution in [-0.4, -0.2) is 45.8 Å².